The maximum Gasteiger partial charge on any atom is 0.257 e. The van der Waals surface area contributed by atoms with Crippen molar-refractivity contribution in [3.63, 3.8) is 0 Å². The molecule has 1 aliphatic heterocycles. The van der Waals surface area contributed by atoms with Crippen LogP contribution in [0.3, 0.4) is 0 Å². The van der Waals surface area contributed by atoms with E-state index in [4.69, 9.17) is 33.0 Å². The summed E-state index contributed by atoms with van der Waals surface area (Å²) in [6.45, 7) is 1.37. The highest BCUT2D eigenvalue weighted by atomic mass is 16.5. The number of carbonyl (C=O) groups is 1. The average molecular weight is 425 g/mol. The first-order chi connectivity index (χ1) is 15.3. The molecule has 156 valence electrons. The zero-order chi connectivity index (χ0) is 22.5. The molecular formula is C19H18B3N7O3. The van der Waals surface area contributed by atoms with Crippen LogP contribution in [0.1, 0.15) is 10.4 Å². The molecule has 1 unspecified atom stereocenters. The summed E-state index contributed by atoms with van der Waals surface area (Å²) in [5, 5.41) is 11.6. The number of fused-ring (bicyclic) bond motifs is 2. The van der Waals surface area contributed by atoms with Crippen molar-refractivity contribution in [2.75, 3.05) is 30.9 Å². The molecule has 3 N–H and O–H groups in total. The molecule has 0 spiro atoms. The van der Waals surface area contributed by atoms with Crippen LogP contribution in [0.15, 0.2) is 30.6 Å². The number of hydrogen-bond acceptors (Lipinski definition) is 8. The highest BCUT2D eigenvalue weighted by Gasteiger charge is 2.54. The van der Waals surface area contributed by atoms with Crippen molar-refractivity contribution >= 4 is 52.4 Å². The lowest BCUT2D eigenvalue weighted by atomic mass is 9.52. The lowest BCUT2D eigenvalue weighted by Gasteiger charge is -2.24. The van der Waals surface area contributed by atoms with Gasteiger partial charge in [-0.2, -0.15) is 9.61 Å². The van der Waals surface area contributed by atoms with Crippen molar-refractivity contribution in [3.05, 3.63) is 36.2 Å². The van der Waals surface area contributed by atoms with Crippen LogP contribution >= 0.6 is 0 Å². The first-order valence-electron chi connectivity index (χ1n) is 10.1. The summed E-state index contributed by atoms with van der Waals surface area (Å²) in [6.07, 6.45) is 3.01. The van der Waals surface area contributed by atoms with Crippen molar-refractivity contribution in [1.29, 1.82) is 0 Å². The fourth-order valence-electron chi connectivity index (χ4n) is 3.92. The van der Waals surface area contributed by atoms with E-state index in [9.17, 15) is 4.79 Å². The fraction of sp³-hybridized carbons (Fsp3) is 0.368. The number of pyridine rings is 1. The minimum Gasteiger partial charge on any atom is -0.499 e. The summed E-state index contributed by atoms with van der Waals surface area (Å²) in [7, 11) is 18.4. The van der Waals surface area contributed by atoms with Crippen LogP contribution in [0.2, 0.25) is 0 Å². The van der Waals surface area contributed by atoms with Gasteiger partial charge in [0.25, 0.3) is 5.91 Å². The van der Waals surface area contributed by atoms with Gasteiger partial charge in [0.15, 0.2) is 5.65 Å². The van der Waals surface area contributed by atoms with E-state index >= 15 is 0 Å². The summed E-state index contributed by atoms with van der Waals surface area (Å²) in [4.78, 5) is 21.6. The first kappa shape index (κ1) is 20.7. The van der Waals surface area contributed by atoms with E-state index in [2.05, 4.69) is 31.0 Å². The molecule has 1 saturated heterocycles. The van der Waals surface area contributed by atoms with Gasteiger partial charge in [-0.05, 0) is 17.4 Å². The van der Waals surface area contributed by atoms with Gasteiger partial charge in [-0.3, -0.25) is 4.79 Å². The molecule has 3 atom stereocenters. The number of aromatic nitrogens is 4. The first-order valence-corrected chi connectivity index (χ1v) is 10.1. The summed E-state index contributed by atoms with van der Waals surface area (Å²) >= 11 is 0. The Bertz CT molecular complexity index is 1170. The van der Waals surface area contributed by atoms with Crippen molar-refractivity contribution < 1.29 is 14.3 Å². The van der Waals surface area contributed by atoms with Crippen molar-refractivity contribution in [2.45, 2.75) is 11.3 Å². The Balaban J connectivity index is 1.45. The predicted octanol–water partition coefficient (Wildman–Crippen LogP) is -0.220. The van der Waals surface area contributed by atoms with Crippen molar-refractivity contribution in [2.24, 2.45) is 11.8 Å². The van der Waals surface area contributed by atoms with E-state index in [1.165, 1.54) is 12.4 Å². The van der Waals surface area contributed by atoms with Crippen molar-refractivity contribution in [3.8, 4) is 5.88 Å². The molecule has 1 amide bonds. The van der Waals surface area contributed by atoms with E-state index < -0.39 is 5.30 Å². The van der Waals surface area contributed by atoms with Crippen LogP contribution in [0.25, 0.3) is 5.65 Å². The Morgan fingerprint density at radius 1 is 1.31 bits per heavy atom. The van der Waals surface area contributed by atoms with Gasteiger partial charge in [0, 0.05) is 37.2 Å². The van der Waals surface area contributed by atoms with Gasteiger partial charge in [-0.15, -0.1) is 0 Å². The number of ether oxygens (including phenoxy) is 2. The van der Waals surface area contributed by atoms with Gasteiger partial charge in [0.2, 0.25) is 5.88 Å². The zero-order valence-electron chi connectivity index (χ0n) is 17.3. The zero-order valence-corrected chi connectivity index (χ0v) is 17.3. The topological polar surface area (TPSA) is 115 Å². The molecular weight excluding hydrogens is 407 g/mol. The number of anilines is 3. The Kier molecular flexibility index (Phi) is 5.00. The minimum atomic E-state index is -1.90. The molecule has 1 aliphatic carbocycles. The largest absolute Gasteiger partial charge is 0.499 e. The van der Waals surface area contributed by atoms with Gasteiger partial charge in [-0.25, -0.2) is 9.97 Å². The molecule has 1 saturated carbocycles. The number of carbonyl (C=O) groups excluding carboxylic acids is 1. The maximum atomic E-state index is 12.9. The van der Waals surface area contributed by atoms with E-state index in [0.717, 1.165) is 0 Å². The molecule has 10 nitrogen and oxygen atoms in total. The fourth-order valence-corrected chi connectivity index (χ4v) is 3.92. The normalized spacial score (nSPS) is 21.7. The third-order valence-corrected chi connectivity index (χ3v) is 5.53. The third kappa shape index (κ3) is 3.88. The Morgan fingerprint density at radius 3 is 2.81 bits per heavy atom. The van der Waals surface area contributed by atoms with Gasteiger partial charge >= 0.3 is 0 Å². The molecule has 0 bridgehead atoms. The standard InChI is InChI=1S/C19H18B3N7O3/c1-23-14-5-13(26-12-3-2-4-24-18(12)32-19(20,21)22)27-16-9(6-25-29(14)16)17(30)28-15-10-7-31-8-11(10)15/h2-6,10-11,15,23H,7-8H2,1H3,(H,26,27)(H,28,30)/t10-,11+,15?. The summed E-state index contributed by atoms with van der Waals surface area (Å²) in [5.41, 5.74) is 1.19. The molecule has 4 heterocycles. The summed E-state index contributed by atoms with van der Waals surface area (Å²) in [5.74, 6) is 1.69. The second kappa shape index (κ2) is 7.73. The molecule has 2 fully saturated rings. The molecule has 3 aromatic heterocycles. The van der Waals surface area contributed by atoms with Crippen LogP contribution < -0.4 is 20.7 Å². The van der Waals surface area contributed by atoms with E-state index in [1.807, 2.05) is 0 Å². The quantitative estimate of drug-likeness (QED) is 0.446. The molecule has 6 radical (unpaired) electrons. The van der Waals surface area contributed by atoms with Gasteiger partial charge < -0.3 is 25.4 Å². The minimum absolute atomic E-state index is 0.0987. The SMILES string of the molecule is [B]C([B])([B])Oc1ncccc1Nc1cc(NC)n2ncc(C(=O)NC3[C@H]4COC[C@@H]34)c2n1. The smallest absolute Gasteiger partial charge is 0.257 e. The molecule has 5 rings (SSSR count). The summed E-state index contributed by atoms with van der Waals surface area (Å²) < 4.78 is 12.3. The van der Waals surface area contributed by atoms with Crippen LogP contribution in [-0.4, -0.2) is 80.6 Å². The molecule has 2 aliphatic rings. The number of nitrogens with one attached hydrogen (secondary N) is 3. The van der Waals surface area contributed by atoms with Crippen LogP contribution in [0.4, 0.5) is 17.3 Å². The molecule has 32 heavy (non-hydrogen) atoms. The number of rotatable bonds is 7. The number of nitrogens with zero attached hydrogens (tertiary/aromatic N) is 4. The van der Waals surface area contributed by atoms with Crippen LogP contribution in [-0.2, 0) is 4.74 Å². The Morgan fingerprint density at radius 2 is 2.09 bits per heavy atom. The number of hydrogen-bond donors (Lipinski definition) is 3. The average Bonchev–Trinajstić information content (AvgIpc) is 3.12. The lowest BCUT2D eigenvalue weighted by molar-refractivity contribution is 0.0930. The molecule has 13 heteroatoms. The third-order valence-electron chi connectivity index (χ3n) is 5.53. The monoisotopic (exact) mass is 425 g/mol. The van der Waals surface area contributed by atoms with E-state index in [0.29, 0.717) is 53.6 Å². The maximum absolute atomic E-state index is 12.9. The predicted molar refractivity (Wildman–Crippen MR) is 120 cm³/mol. The second-order valence-corrected chi connectivity index (χ2v) is 7.87. The highest BCUT2D eigenvalue weighted by molar-refractivity contribution is 6.58. The lowest BCUT2D eigenvalue weighted by Crippen LogP contribution is -2.38. The van der Waals surface area contributed by atoms with E-state index in [-0.39, 0.29) is 17.8 Å². The van der Waals surface area contributed by atoms with Gasteiger partial charge in [0.1, 0.15) is 46.4 Å². The van der Waals surface area contributed by atoms with Gasteiger partial charge in [0.05, 0.1) is 19.4 Å². The van der Waals surface area contributed by atoms with E-state index in [1.54, 1.807) is 29.8 Å². The number of amides is 1. The van der Waals surface area contributed by atoms with Crippen LogP contribution in [0, 0.1) is 11.8 Å². The second-order valence-electron chi connectivity index (χ2n) is 7.87. The molecule has 0 aromatic carbocycles. The summed E-state index contributed by atoms with van der Waals surface area (Å²) in [6, 6.07) is 5.26. The Labute approximate surface area is 188 Å². The highest BCUT2D eigenvalue weighted by Crippen LogP contribution is 2.44. The van der Waals surface area contributed by atoms with Gasteiger partial charge in [-0.1, -0.05) is 0 Å². The van der Waals surface area contributed by atoms with Crippen LogP contribution in [0.5, 0.6) is 5.88 Å². The Hall–Kier alpha value is -3.21. The molecule has 3 aromatic rings. The van der Waals surface area contributed by atoms with Crippen molar-refractivity contribution in [1.82, 2.24) is 24.9 Å².